The Balaban J connectivity index is 2.33. The molecule has 0 radical (unpaired) electrons. The number of benzene rings is 2. The maximum absolute atomic E-state index is 12.5. The lowest BCUT2D eigenvalue weighted by Gasteiger charge is -2.22. The predicted molar refractivity (Wildman–Crippen MR) is 73.9 cm³/mol. The first kappa shape index (κ1) is 12.8. The molecule has 4 nitrogen and oxygen atoms in total. The minimum Gasteiger partial charge on any atom is -0.507 e. The van der Waals surface area contributed by atoms with Gasteiger partial charge in [0.05, 0.1) is 16.1 Å². The van der Waals surface area contributed by atoms with Crippen LogP contribution in [0.25, 0.3) is 0 Å². The fourth-order valence-electron chi connectivity index (χ4n) is 2.66. The number of hydrogen-bond acceptors (Lipinski definition) is 4. The quantitative estimate of drug-likeness (QED) is 0.595. The summed E-state index contributed by atoms with van der Waals surface area (Å²) in [4.78, 5) is 12.5. The van der Waals surface area contributed by atoms with E-state index in [-0.39, 0.29) is 39.8 Å². The van der Waals surface area contributed by atoms with E-state index < -0.39 is 5.78 Å². The van der Waals surface area contributed by atoms with E-state index in [9.17, 15) is 20.1 Å². The van der Waals surface area contributed by atoms with Crippen LogP contribution in [0.3, 0.4) is 0 Å². The van der Waals surface area contributed by atoms with Crippen molar-refractivity contribution in [2.45, 2.75) is 13.3 Å². The molecule has 1 aliphatic rings. The fourth-order valence-corrected chi connectivity index (χ4v) is 2.88. The number of ketones is 1. The van der Waals surface area contributed by atoms with Crippen LogP contribution in [0.1, 0.15) is 32.6 Å². The van der Waals surface area contributed by atoms with E-state index in [2.05, 4.69) is 0 Å². The van der Waals surface area contributed by atoms with Gasteiger partial charge in [0.2, 0.25) is 5.78 Å². The Kier molecular flexibility index (Phi) is 2.66. The summed E-state index contributed by atoms with van der Waals surface area (Å²) in [5, 5.41) is 29.5. The summed E-state index contributed by atoms with van der Waals surface area (Å²) in [5.41, 5.74) is 2.05. The zero-order valence-corrected chi connectivity index (χ0v) is 11.3. The van der Waals surface area contributed by atoms with Gasteiger partial charge in [-0.1, -0.05) is 17.7 Å². The molecule has 2 aromatic rings. The van der Waals surface area contributed by atoms with Crippen LogP contribution in [0.2, 0.25) is 5.02 Å². The maximum atomic E-state index is 12.5. The highest BCUT2D eigenvalue weighted by atomic mass is 35.5. The van der Waals surface area contributed by atoms with Crippen molar-refractivity contribution < 1.29 is 20.1 Å². The van der Waals surface area contributed by atoms with Crippen LogP contribution in [0.4, 0.5) is 0 Å². The van der Waals surface area contributed by atoms with Gasteiger partial charge in [0.1, 0.15) is 17.2 Å². The number of carbonyl (C=O) groups excluding carboxylic acids is 1. The number of phenols is 3. The first-order valence-electron chi connectivity index (χ1n) is 6.00. The summed E-state index contributed by atoms with van der Waals surface area (Å²) < 4.78 is 0. The molecule has 0 amide bonds. The Morgan fingerprint density at radius 1 is 1.00 bits per heavy atom. The Morgan fingerprint density at radius 3 is 2.35 bits per heavy atom. The van der Waals surface area contributed by atoms with E-state index >= 15 is 0 Å². The SMILES string of the molecule is Cc1cc(O)c2c(c1)Cc1c(Cl)c(O)cc(O)c1C2=O. The molecule has 0 aliphatic heterocycles. The average Bonchev–Trinajstić information content (AvgIpc) is 2.34. The largest absolute Gasteiger partial charge is 0.507 e. The number of halogens is 1. The molecule has 1 aliphatic carbocycles. The molecular weight excluding hydrogens is 280 g/mol. The Hall–Kier alpha value is -2.20. The molecule has 3 N–H and O–H groups in total. The van der Waals surface area contributed by atoms with E-state index in [0.717, 1.165) is 11.6 Å². The van der Waals surface area contributed by atoms with Crippen molar-refractivity contribution in [1.29, 1.82) is 0 Å². The minimum absolute atomic E-state index is 0.0412. The van der Waals surface area contributed by atoms with Crippen LogP contribution in [0, 0.1) is 6.92 Å². The summed E-state index contributed by atoms with van der Waals surface area (Å²) in [5.74, 6) is -1.20. The van der Waals surface area contributed by atoms with Crippen LogP contribution in [-0.4, -0.2) is 21.1 Å². The van der Waals surface area contributed by atoms with Crippen molar-refractivity contribution in [1.82, 2.24) is 0 Å². The highest BCUT2D eigenvalue weighted by Gasteiger charge is 2.31. The Bertz CT molecular complexity index is 765. The van der Waals surface area contributed by atoms with Gasteiger partial charge in [-0.3, -0.25) is 4.79 Å². The zero-order valence-electron chi connectivity index (χ0n) is 10.6. The lowest BCUT2D eigenvalue weighted by atomic mass is 9.83. The summed E-state index contributed by atoms with van der Waals surface area (Å²) in [7, 11) is 0. The third-order valence-corrected chi connectivity index (χ3v) is 3.91. The molecule has 0 bridgehead atoms. The van der Waals surface area contributed by atoms with Gasteiger partial charge in [0.25, 0.3) is 0 Å². The van der Waals surface area contributed by atoms with Gasteiger partial charge in [-0.05, 0) is 29.7 Å². The molecule has 0 aromatic heterocycles. The van der Waals surface area contributed by atoms with Crippen LogP contribution >= 0.6 is 11.6 Å². The van der Waals surface area contributed by atoms with Crippen LogP contribution < -0.4 is 0 Å². The molecular formula is C15H11ClO4. The summed E-state index contributed by atoms with van der Waals surface area (Å²) in [6.07, 6.45) is 0.270. The van der Waals surface area contributed by atoms with Gasteiger partial charge in [0.15, 0.2) is 0 Å². The van der Waals surface area contributed by atoms with E-state index in [4.69, 9.17) is 11.6 Å². The number of aromatic hydroxyl groups is 3. The Labute approximate surface area is 119 Å². The molecule has 0 heterocycles. The molecule has 5 heteroatoms. The number of phenolic OH excluding ortho intramolecular Hbond substituents is 3. The van der Waals surface area contributed by atoms with Gasteiger partial charge < -0.3 is 15.3 Å². The van der Waals surface area contributed by atoms with E-state index in [1.54, 1.807) is 6.07 Å². The van der Waals surface area contributed by atoms with Crippen molar-refractivity contribution in [2.24, 2.45) is 0 Å². The zero-order chi connectivity index (χ0) is 14.6. The molecule has 3 rings (SSSR count). The standard InChI is InChI=1S/C15H11ClO4/c1-6-2-7-4-8-13(10(18)5-11(19)14(8)16)15(20)12(7)9(17)3-6/h2-3,5,17-19H,4H2,1H3. The first-order chi connectivity index (χ1) is 9.40. The molecule has 0 saturated heterocycles. The van der Waals surface area contributed by atoms with Crippen LogP contribution in [0.5, 0.6) is 17.2 Å². The normalized spacial score (nSPS) is 13.0. The smallest absolute Gasteiger partial charge is 0.201 e. The van der Waals surface area contributed by atoms with Gasteiger partial charge >= 0.3 is 0 Å². The second-order valence-electron chi connectivity index (χ2n) is 4.91. The number of hydrogen-bond donors (Lipinski definition) is 3. The lowest BCUT2D eigenvalue weighted by Crippen LogP contribution is -2.16. The Morgan fingerprint density at radius 2 is 1.65 bits per heavy atom. The second kappa shape index (κ2) is 4.15. The summed E-state index contributed by atoms with van der Waals surface area (Å²) >= 11 is 6.02. The lowest BCUT2D eigenvalue weighted by molar-refractivity contribution is 0.103. The molecule has 0 saturated carbocycles. The molecule has 0 spiro atoms. The number of aryl methyl sites for hydroxylation is 1. The predicted octanol–water partition coefficient (Wildman–Crippen LogP) is 2.90. The minimum atomic E-state index is -0.488. The number of carbonyl (C=O) groups is 1. The molecule has 102 valence electrons. The highest BCUT2D eigenvalue weighted by Crippen LogP contribution is 2.43. The maximum Gasteiger partial charge on any atom is 0.201 e. The monoisotopic (exact) mass is 290 g/mol. The van der Waals surface area contributed by atoms with Crippen molar-refractivity contribution in [3.63, 3.8) is 0 Å². The molecule has 20 heavy (non-hydrogen) atoms. The van der Waals surface area contributed by atoms with E-state index in [1.807, 2.05) is 6.92 Å². The van der Waals surface area contributed by atoms with Crippen molar-refractivity contribution in [3.05, 3.63) is 51.0 Å². The molecule has 0 fully saturated rings. The average molecular weight is 291 g/mol. The number of rotatable bonds is 0. The van der Waals surface area contributed by atoms with E-state index in [0.29, 0.717) is 11.1 Å². The first-order valence-corrected chi connectivity index (χ1v) is 6.38. The van der Waals surface area contributed by atoms with Gasteiger partial charge in [-0.2, -0.15) is 0 Å². The van der Waals surface area contributed by atoms with Crippen molar-refractivity contribution in [2.75, 3.05) is 0 Å². The second-order valence-corrected chi connectivity index (χ2v) is 5.28. The van der Waals surface area contributed by atoms with Gasteiger partial charge in [-0.25, -0.2) is 0 Å². The summed E-state index contributed by atoms with van der Waals surface area (Å²) in [6.45, 7) is 1.81. The third-order valence-electron chi connectivity index (χ3n) is 3.49. The number of fused-ring (bicyclic) bond motifs is 2. The highest BCUT2D eigenvalue weighted by molar-refractivity contribution is 6.34. The molecule has 0 unspecified atom stereocenters. The van der Waals surface area contributed by atoms with Crippen molar-refractivity contribution >= 4 is 17.4 Å². The third kappa shape index (κ3) is 1.65. The van der Waals surface area contributed by atoms with Crippen LogP contribution in [-0.2, 0) is 6.42 Å². The molecule has 0 atom stereocenters. The fraction of sp³-hybridized carbons (Fsp3) is 0.133. The van der Waals surface area contributed by atoms with E-state index in [1.165, 1.54) is 6.07 Å². The van der Waals surface area contributed by atoms with Crippen molar-refractivity contribution in [3.8, 4) is 17.2 Å². The molecule has 2 aromatic carbocycles. The van der Waals surface area contributed by atoms with Gasteiger partial charge in [-0.15, -0.1) is 0 Å². The van der Waals surface area contributed by atoms with Gasteiger partial charge in [0, 0.05) is 12.5 Å². The van der Waals surface area contributed by atoms with Crippen LogP contribution in [0.15, 0.2) is 18.2 Å². The topological polar surface area (TPSA) is 77.8 Å². The summed E-state index contributed by atoms with van der Waals surface area (Å²) in [6, 6.07) is 4.32.